The summed E-state index contributed by atoms with van der Waals surface area (Å²) in [4.78, 5) is 37.0. The Balaban J connectivity index is 1.57. The van der Waals surface area contributed by atoms with Crippen LogP contribution in [-0.2, 0) is 14.4 Å². The molecule has 2 amide bonds. The lowest BCUT2D eigenvalue weighted by atomic mass is 10.0. The Labute approximate surface area is 117 Å². The van der Waals surface area contributed by atoms with Crippen LogP contribution in [0.3, 0.4) is 0 Å². The summed E-state index contributed by atoms with van der Waals surface area (Å²) in [6, 6.07) is 0.0728. The second kappa shape index (κ2) is 5.07. The zero-order chi connectivity index (χ0) is 14.3. The molecule has 2 saturated carbocycles. The highest BCUT2D eigenvalue weighted by molar-refractivity contribution is 5.90. The number of carboxylic acid groups (broad SMARTS) is 1. The molecule has 20 heavy (non-hydrogen) atoms. The number of carboxylic acids is 1. The molecule has 2 N–H and O–H groups in total. The highest BCUT2D eigenvalue weighted by Crippen LogP contribution is 2.33. The van der Waals surface area contributed by atoms with Gasteiger partial charge in [-0.1, -0.05) is 6.42 Å². The molecule has 1 heterocycles. The third kappa shape index (κ3) is 2.51. The fourth-order valence-corrected chi connectivity index (χ4v) is 3.38. The maximum absolute atomic E-state index is 12.2. The van der Waals surface area contributed by atoms with Crippen LogP contribution in [0.4, 0.5) is 0 Å². The lowest BCUT2D eigenvalue weighted by Gasteiger charge is -2.20. The second-order valence-corrected chi connectivity index (χ2v) is 6.17. The first-order chi connectivity index (χ1) is 9.56. The molecule has 0 aromatic rings. The first kappa shape index (κ1) is 13.4. The van der Waals surface area contributed by atoms with Gasteiger partial charge >= 0.3 is 5.97 Å². The summed E-state index contributed by atoms with van der Waals surface area (Å²) in [7, 11) is 0. The molecule has 3 unspecified atom stereocenters. The van der Waals surface area contributed by atoms with Crippen molar-refractivity contribution >= 4 is 17.8 Å². The van der Waals surface area contributed by atoms with Crippen LogP contribution >= 0.6 is 0 Å². The molecule has 3 atom stereocenters. The van der Waals surface area contributed by atoms with E-state index in [1.165, 1.54) is 0 Å². The number of carbonyl (C=O) groups excluding carboxylic acids is 2. The molecule has 0 spiro atoms. The molecule has 3 rings (SSSR count). The van der Waals surface area contributed by atoms with Crippen LogP contribution in [0.15, 0.2) is 0 Å². The third-order valence-corrected chi connectivity index (χ3v) is 4.68. The van der Waals surface area contributed by atoms with Crippen LogP contribution in [0.5, 0.6) is 0 Å². The Kier molecular flexibility index (Phi) is 3.40. The van der Waals surface area contributed by atoms with E-state index in [9.17, 15) is 14.4 Å². The third-order valence-electron chi connectivity index (χ3n) is 4.68. The molecule has 3 aliphatic rings. The van der Waals surface area contributed by atoms with E-state index >= 15 is 0 Å². The molecule has 0 aromatic carbocycles. The van der Waals surface area contributed by atoms with Gasteiger partial charge in [-0.3, -0.25) is 14.4 Å². The molecule has 110 valence electrons. The van der Waals surface area contributed by atoms with Gasteiger partial charge in [-0.05, 0) is 25.7 Å². The largest absolute Gasteiger partial charge is 0.481 e. The average Bonchev–Trinajstić information content (AvgIpc) is 2.99. The summed E-state index contributed by atoms with van der Waals surface area (Å²) in [5, 5.41) is 12.0. The van der Waals surface area contributed by atoms with Gasteiger partial charge in [-0.25, -0.2) is 0 Å². The van der Waals surface area contributed by atoms with Gasteiger partial charge in [0.05, 0.1) is 11.8 Å². The molecule has 6 nitrogen and oxygen atoms in total. The Hall–Kier alpha value is -1.59. The first-order valence-electron chi connectivity index (χ1n) is 7.39. The van der Waals surface area contributed by atoms with E-state index in [4.69, 9.17) is 5.11 Å². The fraction of sp³-hybridized carbons (Fsp3) is 0.786. The van der Waals surface area contributed by atoms with Gasteiger partial charge in [0.1, 0.15) is 0 Å². The maximum atomic E-state index is 12.2. The van der Waals surface area contributed by atoms with Crippen LogP contribution in [0.1, 0.15) is 38.5 Å². The number of amides is 2. The van der Waals surface area contributed by atoms with Gasteiger partial charge < -0.3 is 15.3 Å². The van der Waals surface area contributed by atoms with Crippen molar-refractivity contribution < 1.29 is 19.5 Å². The predicted octanol–water partition coefficient (Wildman–Crippen LogP) is 0.367. The molecule has 1 saturated heterocycles. The summed E-state index contributed by atoms with van der Waals surface area (Å²) in [6.45, 7) is 0.500. The molecule has 3 fully saturated rings. The van der Waals surface area contributed by atoms with E-state index in [0.717, 1.165) is 25.7 Å². The Morgan fingerprint density at radius 2 is 1.95 bits per heavy atom. The van der Waals surface area contributed by atoms with Crippen LogP contribution < -0.4 is 5.32 Å². The first-order valence-corrected chi connectivity index (χ1v) is 7.39. The molecule has 0 bridgehead atoms. The van der Waals surface area contributed by atoms with Crippen molar-refractivity contribution in [1.29, 1.82) is 0 Å². The number of nitrogens with zero attached hydrogens (tertiary/aromatic N) is 1. The molecular formula is C14H20N2O4. The minimum absolute atomic E-state index is 0.0638. The van der Waals surface area contributed by atoms with Gasteiger partial charge in [-0.2, -0.15) is 0 Å². The molecule has 0 radical (unpaired) electrons. The lowest BCUT2D eigenvalue weighted by Crippen LogP contribution is -2.43. The number of likely N-dealkylation sites (tertiary alicyclic amines) is 1. The van der Waals surface area contributed by atoms with Crippen molar-refractivity contribution in [3.63, 3.8) is 0 Å². The summed E-state index contributed by atoms with van der Waals surface area (Å²) in [5.74, 6) is -1.71. The van der Waals surface area contributed by atoms with E-state index in [2.05, 4.69) is 5.32 Å². The SMILES string of the molecule is O=C(NC1CCCC1C(=O)O)C1CC(=O)N(C2CC2)C1. The monoisotopic (exact) mass is 280 g/mol. The highest BCUT2D eigenvalue weighted by atomic mass is 16.4. The Bertz CT molecular complexity index is 446. The molecule has 2 aliphatic carbocycles. The van der Waals surface area contributed by atoms with E-state index in [-0.39, 0.29) is 30.2 Å². The number of nitrogens with one attached hydrogen (secondary N) is 1. The maximum Gasteiger partial charge on any atom is 0.308 e. The normalized spacial score (nSPS) is 33.5. The number of aliphatic carboxylic acids is 1. The minimum Gasteiger partial charge on any atom is -0.481 e. The number of hydrogen-bond acceptors (Lipinski definition) is 3. The van der Waals surface area contributed by atoms with Crippen molar-refractivity contribution in [1.82, 2.24) is 10.2 Å². The van der Waals surface area contributed by atoms with Crippen molar-refractivity contribution in [2.75, 3.05) is 6.54 Å². The van der Waals surface area contributed by atoms with E-state index in [1.807, 2.05) is 4.90 Å². The smallest absolute Gasteiger partial charge is 0.308 e. The van der Waals surface area contributed by atoms with Crippen molar-refractivity contribution in [3.8, 4) is 0 Å². The predicted molar refractivity (Wildman–Crippen MR) is 69.7 cm³/mol. The van der Waals surface area contributed by atoms with Crippen LogP contribution in [0.2, 0.25) is 0 Å². The molecule has 1 aliphatic heterocycles. The fourth-order valence-electron chi connectivity index (χ4n) is 3.38. The van der Waals surface area contributed by atoms with Gasteiger partial charge in [0, 0.05) is 25.0 Å². The number of carbonyl (C=O) groups is 3. The summed E-state index contributed by atoms with van der Waals surface area (Å²) in [5.41, 5.74) is 0. The van der Waals surface area contributed by atoms with E-state index in [0.29, 0.717) is 19.0 Å². The zero-order valence-corrected chi connectivity index (χ0v) is 11.4. The zero-order valence-electron chi connectivity index (χ0n) is 11.4. The molecule has 0 aromatic heterocycles. The topological polar surface area (TPSA) is 86.7 Å². The van der Waals surface area contributed by atoms with Crippen LogP contribution in [0.25, 0.3) is 0 Å². The summed E-state index contributed by atoms with van der Waals surface area (Å²) < 4.78 is 0. The Morgan fingerprint density at radius 3 is 2.60 bits per heavy atom. The Morgan fingerprint density at radius 1 is 1.20 bits per heavy atom. The van der Waals surface area contributed by atoms with Crippen LogP contribution in [-0.4, -0.2) is 46.4 Å². The molecule has 6 heteroatoms. The van der Waals surface area contributed by atoms with E-state index in [1.54, 1.807) is 0 Å². The lowest BCUT2D eigenvalue weighted by molar-refractivity contribution is -0.142. The number of hydrogen-bond donors (Lipinski definition) is 2. The second-order valence-electron chi connectivity index (χ2n) is 6.17. The van der Waals surface area contributed by atoms with Gasteiger partial charge in [0.15, 0.2) is 0 Å². The van der Waals surface area contributed by atoms with Crippen molar-refractivity contribution in [3.05, 3.63) is 0 Å². The van der Waals surface area contributed by atoms with Gasteiger partial charge in [0.25, 0.3) is 0 Å². The minimum atomic E-state index is -0.838. The standard InChI is InChI=1S/C14H20N2O4/c17-12-6-8(7-16(12)9-4-5-9)13(18)15-11-3-1-2-10(11)14(19)20/h8-11H,1-7H2,(H,15,18)(H,19,20). The molecular weight excluding hydrogens is 260 g/mol. The van der Waals surface area contributed by atoms with E-state index < -0.39 is 11.9 Å². The van der Waals surface area contributed by atoms with Gasteiger partial charge in [0.2, 0.25) is 11.8 Å². The highest BCUT2D eigenvalue weighted by Gasteiger charge is 2.43. The van der Waals surface area contributed by atoms with Crippen molar-refractivity contribution in [2.24, 2.45) is 11.8 Å². The quantitative estimate of drug-likeness (QED) is 0.779. The summed E-state index contributed by atoms with van der Waals surface area (Å²) in [6.07, 6.45) is 4.54. The van der Waals surface area contributed by atoms with Gasteiger partial charge in [-0.15, -0.1) is 0 Å². The number of rotatable bonds is 4. The average molecular weight is 280 g/mol. The van der Waals surface area contributed by atoms with Crippen LogP contribution in [0, 0.1) is 11.8 Å². The van der Waals surface area contributed by atoms with Crippen molar-refractivity contribution in [2.45, 2.75) is 50.6 Å². The summed E-state index contributed by atoms with van der Waals surface area (Å²) >= 11 is 0.